The molecule has 0 bridgehead atoms. The molecule has 0 fully saturated rings. The second kappa shape index (κ2) is 5.76. The van der Waals surface area contributed by atoms with Gasteiger partial charge in [0.1, 0.15) is 0 Å². The Morgan fingerprint density at radius 1 is 1.53 bits per heavy atom. The topological polar surface area (TPSA) is 92.7 Å². The van der Waals surface area contributed by atoms with Crippen LogP contribution in [0.4, 0.5) is 0 Å². The van der Waals surface area contributed by atoms with Crippen LogP contribution in [-0.4, -0.2) is 26.1 Å². The summed E-state index contributed by atoms with van der Waals surface area (Å²) >= 11 is 1.82. The molecule has 0 amide bonds. The van der Waals surface area contributed by atoms with Crippen LogP contribution in [-0.2, 0) is 14.9 Å². The van der Waals surface area contributed by atoms with E-state index in [1.807, 2.05) is 27.5 Å². The maximum absolute atomic E-state index is 11.6. The fourth-order valence-electron chi connectivity index (χ4n) is 1.02. The number of carbonyl (C=O) groups is 1. The van der Waals surface area contributed by atoms with Crippen LogP contribution >= 0.6 is 22.6 Å². The lowest BCUT2D eigenvalue weighted by Crippen LogP contribution is -2.24. The van der Waals surface area contributed by atoms with E-state index in [-0.39, 0.29) is 17.1 Å². The van der Waals surface area contributed by atoms with E-state index in [4.69, 9.17) is 5.11 Å². The average molecular weight is 371 g/mol. The molecule has 0 aliphatic heterocycles. The molecule has 1 aromatic rings. The summed E-state index contributed by atoms with van der Waals surface area (Å²) in [5.41, 5.74) is -0.0648. The molecule has 0 spiro atoms. The van der Waals surface area contributed by atoms with Gasteiger partial charge in [0.2, 0.25) is 0 Å². The first kappa shape index (κ1) is 14.4. The minimum absolute atomic E-state index is 0.0648. The first-order valence-corrected chi connectivity index (χ1v) is 7.11. The van der Waals surface area contributed by atoms with Crippen molar-refractivity contribution >= 4 is 38.6 Å². The fourth-order valence-corrected chi connectivity index (χ4v) is 2.48. The Balaban J connectivity index is 3.16. The van der Waals surface area contributed by atoms with Crippen LogP contribution in [0.1, 0.15) is 17.3 Å². The van der Waals surface area contributed by atoms with Crippen LogP contribution in [0.2, 0.25) is 0 Å². The Bertz CT molecular complexity index is 528. The molecule has 0 aromatic heterocycles. The van der Waals surface area contributed by atoms with Crippen LogP contribution in [0.25, 0.3) is 0 Å². The van der Waals surface area contributed by atoms with Crippen LogP contribution in [0.5, 0.6) is 0 Å². The van der Waals surface area contributed by atoms with Crippen LogP contribution in [0.3, 0.4) is 0 Å². The van der Waals surface area contributed by atoms with E-state index < -0.39 is 16.0 Å². The van der Waals surface area contributed by atoms with Crippen molar-refractivity contribution in [2.45, 2.75) is 11.8 Å². The summed E-state index contributed by atoms with van der Waals surface area (Å²) in [5.74, 6) is -1.18. The van der Waals surface area contributed by atoms with E-state index in [0.717, 1.165) is 6.07 Å². The molecule has 0 saturated heterocycles. The number of nitrogens with one attached hydrogen (secondary N) is 1. The lowest BCUT2D eigenvalue weighted by atomic mass is 10.2. The van der Waals surface area contributed by atoms with Crippen LogP contribution in [0.15, 0.2) is 23.1 Å². The van der Waals surface area contributed by atoms with Gasteiger partial charge in [-0.15, -0.1) is 0 Å². The molecule has 8 heteroatoms. The molecule has 1 aromatic carbocycles. The number of hydrogen-bond donors (Lipinski definition) is 2. The first-order chi connectivity index (χ1) is 7.88. The van der Waals surface area contributed by atoms with Gasteiger partial charge in [0, 0.05) is 3.57 Å². The molecular formula is C9H10INO5S. The van der Waals surface area contributed by atoms with E-state index in [2.05, 4.69) is 4.84 Å². The normalized spacial score (nSPS) is 11.4. The molecule has 0 atom stereocenters. The predicted octanol–water partition coefficient (Wildman–Crippen LogP) is 1.22. The SMILES string of the molecule is CCONS(=O)(=O)c1ccc(I)c(C(=O)O)c1. The maximum atomic E-state index is 11.6. The Hall–Kier alpha value is -0.710. The molecule has 1 rings (SSSR count). The minimum Gasteiger partial charge on any atom is -0.478 e. The van der Waals surface area contributed by atoms with Gasteiger partial charge in [-0.05, 0) is 47.7 Å². The highest BCUT2D eigenvalue weighted by molar-refractivity contribution is 14.1. The third kappa shape index (κ3) is 3.63. The zero-order valence-electron chi connectivity index (χ0n) is 8.81. The molecule has 0 heterocycles. The van der Waals surface area contributed by atoms with E-state index in [1.165, 1.54) is 12.1 Å². The Kier molecular flexibility index (Phi) is 4.86. The van der Waals surface area contributed by atoms with Crippen molar-refractivity contribution in [3.63, 3.8) is 0 Å². The summed E-state index contributed by atoms with van der Waals surface area (Å²) in [6, 6.07) is 3.82. The monoisotopic (exact) mass is 371 g/mol. The van der Waals surface area contributed by atoms with Gasteiger partial charge >= 0.3 is 5.97 Å². The predicted molar refractivity (Wildman–Crippen MR) is 68.1 cm³/mol. The Labute approximate surface area is 112 Å². The smallest absolute Gasteiger partial charge is 0.336 e. The highest BCUT2D eigenvalue weighted by atomic mass is 127. The molecule has 94 valence electrons. The fraction of sp³-hybridized carbons (Fsp3) is 0.222. The van der Waals surface area contributed by atoms with E-state index >= 15 is 0 Å². The van der Waals surface area contributed by atoms with Gasteiger partial charge in [0.25, 0.3) is 10.0 Å². The van der Waals surface area contributed by atoms with Gasteiger partial charge in [-0.25, -0.2) is 13.2 Å². The third-order valence-electron chi connectivity index (χ3n) is 1.79. The average Bonchev–Trinajstić information content (AvgIpc) is 2.26. The quantitative estimate of drug-likeness (QED) is 0.600. The van der Waals surface area contributed by atoms with Crippen molar-refractivity contribution in [1.29, 1.82) is 0 Å². The van der Waals surface area contributed by atoms with Gasteiger partial charge in [0.15, 0.2) is 0 Å². The number of hydrogen-bond acceptors (Lipinski definition) is 4. The van der Waals surface area contributed by atoms with Gasteiger partial charge in [0.05, 0.1) is 17.1 Å². The van der Waals surface area contributed by atoms with Crippen molar-refractivity contribution in [1.82, 2.24) is 4.89 Å². The largest absolute Gasteiger partial charge is 0.478 e. The number of aromatic carboxylic acids is 1. The molecule has 0 aliphatic carbocycles. The third-order valence-corrected chi connectivity index (χ3v) is 3.94. The summed E-state index contributed by atoms with van der Waals surface area (Å²) in [6.45, 7) is 1.80. The van der Waals surface area contributed by atoms with Crippen LogP contribution < -0.4 is 4.89 Å². The van der Waals surface area contributed by atoms with Crippen molar-refractivity contribution < 1.29 is 23.2 Å². The number of carboxylic acid groups (broad SMARTS) is 1. The van der Waals surface area contributed by atoms with Gasteiger partial charge in [-0.3, -0.25) is 4.84 Å². The molecule has 0 aliphatic rings. The van der Waals surface area contributed by atoms with E-state index in [0.29, 0.717) is 3.57 Å². The number of halogens is 1. The highest BCUT2D eigenvalue weighted by Crippen LogP contribution is 2.17. The van der Waals surface area contributed by atoms with Gasteiger partial charge in [-0.1, -0.05) is 4.89 Å². The van der Waals surface area contributed by atoms with Crippen molar-refractivity contribution in [3.8, 4) is 0 Å². The molecule has 0 saturated carbocycles. The van der Waals surface area contributed by atoms with Crippen LogP contribution in [0, 0.1) is 3.57 Å². The number of rotatable bonds is 5. The summed E-state index contributed by atoms with van der Waals surface area (Å²) in [5, 5.41) is 8.88. The van der Waals surface area contributed by atoms with Crippen molar-refractivity contribution in [3.05, 3.63) is 27.3 Å². The molecule has 17 heavy (non-hydrogen) atoms. The van der Waals surface area contributed by atoms with Crippen molar-refractivity contribution in [2.75, 3.05) is 6.61 Å². The van der Waals surface area contributed by atoms with Gasteiger partial charge < -0.3 is 5.11 Å². The number of carboxylic acids is 1. The standard InChI is InChI=1S/C9H10INO5S/c1-2-16-11-17(14,15)6-3-4-8(10)7(5-6)9(12)13/h3-5,11H,2H2,1H3,(H,12,13). The molecule has 0 radical (unpaired) electrons. The van der Waals surface area contributed by atoms with E-state index in [9.17, 15) is 13.2 Å². The number of sulfonamides is 1. The maximum Gasteiger partial charge on any atom is 0.336 e. The highest BCUT2D eigenvalue weighted by Gasteiger charge is 2.18. The summed E-state index contributed by atoms with van der Waals surface area (Å²) < 4.78 is 23.8. The molecule has 2 N–H and O–H groups in total. The van der Waals surface area contributed by atoms with Crippen molar-refractivity contribution in [2.24, 2.45) is 0 Å². The number of benzene rings is 1. The lowest BCUT2D eigenvalue weighted by Gasteiger charge is -2.07. The summed E-state index contributed by atoms with van der Waals surface area (Å²) in [7, 11) is -3.83. The zero-order chi connectivity index (χ0) is 13.1. The molecule has 0 unspecified atom stereocenters. The summed E-state index contributed by atoms with van der Waals surface area (Å²) in [6.07, 6.45) is 0. The summed E-state index contributed by atoms with van der Waals surface area (Å²) in [4.78, 5) is 17.2. The van der Waals surface area contributed by atoms with Gasteiger partial charge in [-0.2, -0.15) is 0 Å². The lowest BCUT2D eigenvalue weighted by molar-refractivity contribution is 0.0695. The first-order valence-electron chi connectivity index (χ1n) is 4.55. The minimum atomic E-state index is -3.83. The van der Waals surface area contributed by atoms with E-state index in [1.54, 1.807) is 6.92 Å². The Morgan fingerprint density at radius 3 is 2.71 bits per heavy atom. The molecule has 6 nitrogen and oxygen atoms in total. The zero-order valence-corrected chi connectivity index (χ0v) is 11.8. The molecular weight excluding hydrogens is 361 g/mol. The Morgan fingerprint density at radius 2 is 2.18 bits per heavy atom. The second-order valence-corrected chi connectivity index (χ2v) is 5.77. The second-order valence-electron chi connectivity index (χ2n) is 2.97.